The number of hydrogen-bond acceptors (Lipinski definition) is 5. The van der Waals surface area contributed by atoms with Gasteiger partial charge in [-0.25, -0.2) is 4.98 Å². The standard InChI is InChI=1S/C17H19BrN2O3/c1-16(2)17(3,22)15(20-11-6-7-19-14(21)9-11)12-8-10(18)4-5-13(12)23-16/h4-9,15,22H,1-3H3,(H2,19,20,21). The Bertz CT molecular complexity index is 746. The molecule has 0 saturated carbocycles. The van der Waals surface area contributed by atoms with Crippen LogP contribution < -0.4 is 10.1 Å². The van der Waals surface area contributed by atoms with Crippen LogP contribution in [0.2, 0.25) is 0 Å². The number of halogens is 1. The lowest BCUT2D eigenvalue weighted by molar-refractivity contribution is -0.128. The second-order valence-electron chi connectivity index (χ2n) is 6.42. The lowest BCUT2D eigenvalue weighted by Gasteiger charge is -2.50. The fraction of sp³-hybridized carbons (Fsp3) is 0.353. The summed E-state index contributed by atoms with van der Waals surface area (Å²) in [7, 11) is 0. The van der Waals surface area contributed by atoms with E-state index in [9.17, 15) is 10.2 Å². The number of aromatic nitrogens is 1. The zero-order valence-electron chi connectivity index (χ0n) is 13.2. The first-order valence-electron chi connectivity index (χ1n) is 7.33. The van der Waals surface area contributed by atoms with Crippen LogP contribution in [0.15, 0.2) is 41.0 Å². The Balaban J connectivity index is 2.10. The van der Waals surface area contributed by atoms with Crippen LogP contribution in [0.1, 0.15) is 32.4 Å². The average molecular weight is 379 g/mol. The molecule has 3 rings (SSSR count). The molecule has 2 unspecified atom stereocenters. The summed E-state index contributed by atoms with van der Waals surface area (Å²) in [6, 6.07) is 8.57. The maximum Gasteiger partial charge on any atom is 0.212 e. The van der Waals surface area contributed by atoms with Crippen LogP contribution in [-0.4, -0.2) is 26.4 Å². The van der Waals surface area contributed by atoms with Crippen LogP contribution in [0.4, 0.5) is 5.69 Å². The molecular formula is C17H19BrN2O3. The van der Waals surface area contributed by atoms with Crippen molar-refractivity contribution < 1.29 is 14.9 Å². The number of ether oxygens (including phenoxy) is 1. The van der Waals surface area contributed by atoms with Gasteiger partial charge in [0, 0.05) is 28.0 Å². The summed E-state index contributed by atoms with van der Waals surface area (Å²) in [5.74, 6) is 0.649. The highest BCUT2D eigenvalue weighted by Gasteiger charge is 2.52. The van der Waals surface area contributed by atoms with Gasteiger partial charge in [0.2, 0.25) is 5.88 Å². The minimum atomic E-state index is -1.18. The number of hydrogen-bond donors (Lipinski definition) is 3. The zero-order valence-corrected chi connectivity index (χ0v) is 14.8. The summed E-state index contributed by atoms with van der Waals surface area (Å²) in [4.78, 5) is 3.78. The van der Waals surface area contributed by atoms with E-state index in [1.807, 2.05) is 32.0 Å². The number of nitrogens with zero attached hydrogens (tertiary/aromatic N) is 1. The van der Waals surface area contributed by atoms with Crippen molar-refractivity contribution in [2.24, 2.45) is 0 Å². The van der Waals surface area contributed by atoms with Gasteiger partial charge in [-0.1, -0.05) is 15.9 Å². The Hall–Kier alpha value is -1.79. The highest BCUT2D eigenvalue weighted by molar-refractivity contribution is 9.10. The molecule has 6 heteroatoms. The minimum Gasteiger partial charge on any atom is -0.493 e. The third kappa shape index (κ3) is 2.77. The molecule has 2 aromatic rings. The topological polar surface area (TPSA) is 74.6 Å². The fourth-order valence-corrected chi connectivity index (χ4v) is 3.14. The summed E-state index contributed by atoms with van der Waals surface area (Å²) in [5, 5.41) is 24.0. The fourth-order valence-electron chi connectivity index (χ4n) is 2.76. The van der Waals surface area contributed by atoms with Gasteiger partial charge in [0.05, 0.1) is 6.04 Å². The van der Waals surface area contributed by atoms with Gasteiger partial charge in [-0.2, -0.15) is 0 Å². The normalized spacial score (nSPS) is 25.3. The van der Waals surface area contributed by atoms with Gasteiger partial charge in [-0.05, 0) is 45.0 Å². The average Bonchev–Trinajstić information content (AvgIpc) is 2.45. The van der Waals surface area contributed by atoms with Gasteiger partial charge in [0.1, 0.15) is 17.0 Å². The van der Waals surface area contributed by atoms with E-state index in [0.717, 1.165) is 15.8 Å². The molecule has 1 aliphatic rings. The van der Waals surface area contributed by atoms with Crippen molar-refractivity contribution in [3.8, 4) is 11.6 Å². The van der Waals surface area contributed by atoms with Gasteiger partial charge in [-0.3, -0.25) is 0 Å². The molecule has 0 radical (unpaired) electrons. The van der Waals surface area contributed by atoms with Crippen LogP contribution in [-0.2, 0) is 0 Å². The van der Waals surface area contributed by atoms with Crippen LogP contribution in [0.3, 0.4) is 0 Å². The first-order chi connectivity index (χ1) is 10.7. The van der Waals surface area contributed by atoms with E-state index >= 15 is 0 Å². The Morgan fingerprint density at radius 2 is 1.96 bits per heavy atom. The van der Waals surface area contributed by atoms with Crippen molar-refractivity contribution in [1.29, 1.82) is 0 Å². The first kappa shape index (κ1) is 16.1. The predicted molar refractivity (Wildman–Crippen MR) is 91.7 cm³/mol. The summed E-state index contributed by atoms with van der Waals surface area (Å²) in [6.07, 6.45) is 1.51. The number of fused-ring (bicyclic) bond motifs is 1. The molecule has 0 aliphatic carbocycles. The van der Waals surface area contributed by atoms with Gasteiger partial charge < -0.3 is 20.3 Å². The molecule has 0 saturated heterocycles. The van der Waals surface area contributed by atoms with Crippen LogP contribution in [0.5, 0.6) is 11.6 Å². The van der Waals surface area contributed by atoms with Crippen molar-refractivity contribution in [1.82, 2.24) is 4.98 Å². The molecule has 122 valence electrons. The summed E-state index contributed by atoms with van der Waals surface area (Å²) in [6.45, 7) is 5.46. The van der Waals surface area contributed by atoms with E-state index in [-0.39, 0.29) is 5.88 Å². The van der Waals surface area contributed by atoms with Crippen molar-refractivity contribution in [2.75, 3.05) is 5.32 Å². The van der Waals surface area contributed by atoms with Gasteiger partial charge >= 0.3 is 0 Å². The molecule has 1 aromatic heterocycles. The number of benzene rings is 1. The van der Waals surface area contributed by atoms with E-state index in [0.29, 0.717) is 5.69 Å². The first-order valence-corrected chi connectivity index (χ1v) is 8.12. The number of aliphatic hydroxyl groups is 1. The Labute approximate surface area is 143 Å². The maximum absolute atomic E-state index is 11.1. The largest absolute Gasteiger partial charge is 0.493 e. The smallest absolute Gasteiger partial charge is 0.212 e. The van der Waals surface area contributed by atoms with E-state index in [4.69, 9.17) is 4.74 Å². The molecule has 5 nitrogen and oxygen atoms in total. The number of nitrogens with one attached hydrogen (secondary N) is 1. The second-order valence-corrected chi connectivity index (χ2v) is 7.34. The highest BCUT2D eigenvalue weighted by Crippen LogP contribution is 2.48. The monoisotopic (exact) mass is 378 g/mol. The molecule has 0 fully saturated rings. The predicted octanol–water partition coefficient (Wildman–Crippen LogP) is 3.62. The summed E-state index contributed by atoms with van der Waals surface area (Å²) >= 11 is 3.47. The van der Waals surface area contributed by atoms with Crippen molar-refractivity contribution in [2.45, 2.75) is 38.0 Å². The SMILES string of the molecule is CC1(C)Oc2ccc(Br)cc2C(Nc2ccnc(O)c2)C1(C)O. The molecule has 0 spiro atoms. The van der Waals surface area contributed by atoms with Gasteiger partial charge in [0.15, 0.2) is 0 Å². The molecule has 23 heavy (non-hydrogen) atoms. The number of pyridine rings is 1. The third-order valence-corrected chi connectivity index (χ3v) is 4.98. The molecule has 3 N–H and O–H groups in total. The van der Waals surface area contributed by atoms with E-state index in [2.05, 4.69) is 26.2 Å². The number of rotatable bonds is 2. The molecule has 1 aromatic carbocycles. The number of anilines is 1. The summed E-state index contributed by atoms with van der Waals surface area (Å²) < 4.78 is 6.91. The molecule has 0 amide bonds. The lowest BCUT2D eigenvalue weighted by Crippen LogP contribution is -2.59. The van der Waals surface area contributed by atoms with Gasteiger partial charge in [0.25, 0.3) is 0 Å². The minimum absolute atomic E-state index is 0.0737. The Morgan fingerprint density at radius 1 is 1.22 bits per heavy atom. The van der Waals surface area contributed by atoms with Crippen LogP contribution in [0.25, 0.3) is 0 Å². The van der Waals surface area contributed by atoms with Crippen molar-refractivity contribution in [3.63, 3.8) is 0 Å². The Kier molecular flexibility index (Phi) is 3.77. The van der Waals surface area contributed by atoms with E-state index < -0.39 is 17.2 Å². The van der Waals surface area contributed by atoms with Crippen LogP contribution >= 0.6 is 15.9 Å². The zero-order chi connectivity index (χ0) is 16.8. The van der Waals surface area contributed by atoms with Crippen molar-refractivity contribution >= 4 is 21.6 Å². The quantitative estimate of drug-likeness (QED) is 0.743. The lowest BCUT2D eigenvalue weighted by atomic mass is 9.75. The van der Waals surface area contributed by atoms with E-state index in [1.54, 1.807) is 13.0 Å². The van der Waals surface area contributed by atoms with E-state index in [1.165, 1.54) is 12.3 Å². The van der Waals surface area contributed by atoms with Crippen molar-refractivity contribution in [3.05, 3.63) is 46.6 Å². The molecular weight excluding hydrogens is 360 g/mol. The molecule has 0 bridgehead atoms. The molecule has 1 aliphatic heterocycles. The second kappa shape index (κ2) is 5.39. The van der Waals surface area contributed by atoms with Gasteiger partial charge in [-0.15, -0.1) is 0 Å². The number of aromatic hydroxyl groups is 1. The van der Waals surface area contributed by atoms with Crippen LogP contribution in [0, 0.1) is 0 Å². The molecule has 2 atom stereocenters. The highest BCUT2D eigenvalue weighted by atomic mass is 79.9. The molecule has 2 heterocycles. The maximum atomic E-state index is 11.1. The summed E-state index contributed by atoms with van der Waals surface area (Å²) in [5.41, 5.74) is -0.452. The third-order valence-electron chi connectivity index (χ3n) is 4.49. The Morgan fingerprint density at radius 3 is 2.65 bits per heavy atom.